The smallest absolute Gasteiger partial charge is 0.305 e. The lowest BCUT2D eigenvalue weighted by molar-refractivity contribution is -0.140. The Kier molecular flexibility index (Phi) is 9.47. The number of hydrogen-bond acceptors (Lipinski definition) is 3. The Balaban J connectivity index is 1.55. The minimum absolute atomic E-state index is 0.0789. The highest BCUT2D eigenvalue weighted by molar-refractivity contribution is 5.89. The van der Waals surface area contributed by atoms with Crippen molar-refractivity contribution in [3.05, 3.63) is 58.4 Å². The van der Waals surface area contributed by atoms with E-state index in [1.807, 2.05) is 0 Å². The van der Waals surface area contributed by atoms with Crippen LogP contribution in [0.25, 0.3) is 11.1 Å². The Labute approximate surface area is 251 Å². The van der Waals surface area contributed by atoms with Crippen LogP contribution < -0.4 is 5.32 Å². The van der Waals surface area contributed by atoms with Crippen molar-refractivity contribution in [2.45, 2.75) is 109 Å². The maximum absolute atomic E-state index is 15.4. The monoisotopic (exact) mass is 598 g/mol. The molecule has 1 saturated carbocycles. The lowest BCUT2D eigenvalue weighted by Gasteiger charge is -2.35. The number of nitrogens with one attached hydrogen (secondary N) is 1. The van der Waals surface area contributed by atoms with Gasteiger partial charge in [0.05, 0.1) is 12.5 Å². The number of nitrogens with zero attached hydrogens (tertiary/aromatic N) is 1. The second-order valence-electron chi connectivity index (χ2n) is 12.9. The molecule has 2 bridgehead atoms. The zero-order valence-corrected chi connectivity index (χ0v) is 24.8. The van der Waals surface area contributed by atoms with Crippen LogP contribution in [0.15, 0.2) is 24.3 Å². The number of carboxylic acids is 1. The molecular weight excluding hydrogens is 557 g/mol. The largest absolute Gasteiger partial charge is 0.481 e. The van der Waals surface area contributed by atoms with Crippen LogP contribution in [0.4, 0.5) is 13.2 Å². The third-order valence-corrected chi connectivity index (χ3v) is 9.67. The summed E-state index contributed by atoms with van der Waals surface area (Å²) in [6.07, 6.45) is 9.84. The van der Waals surface area contributed by atoms with Crippen LogP contribution in [0.5, 0.6) is 0 Å². The van der Waals surface area contributed by atoms with Crippen LogP contribution in [-0.4, -0.2) is 40.4 Å². The Morgan fingerprint density at radius 3 is 2.42 bits per heavy atom. The second-order valence-corrected chi connectivity index (χ2v) is 12.9. The molecule has 2 amide bonds. The number of carbonyl (C=O) groups excluding carboxylic acids is 2. The molecule has 2 atom stereocenters. The molecule has 43 heavy (non-hydrogen) atoms. The van der Waals surface area contributed by atoms with Gasteiger partial charge in [-0.15, -0.1) is 0 Å². The highest BCUT2D eigenvalue weighted by atomic mass is 19.2. The van der Waals surface area contributed by atoms with Gasteiger partial charge in [-0.25, -0.2) is 13.2 Å². The summed E-state index contributed by atoms with van der Waals surface area (Å²) in [6, 6.07) is 2.97. The summed E-state index contributed by atoms with van der Waals surface area (Å²) in [7, 11) is 0. The van der Waals surface area contributed by atoms with Crippen LogP contribution in [0.3, 0.4) is 0 Å². The van der Waals surface area contributed by atoms with E-state index in [9.17, 15) is 23.9 Å². The summed E-state index contributed by atoms with van der Waals surface area (Å²) in [5.74, 6) is -4.76. The van der Waals surface area contributed by atoms with Gasteiger partial charge in [0.15, 0.2) is 11.6 Å². The summed E-state index contributed by atoms with van der Waals surface area (Å²) in [4.78, 5) is 40.9. The fraction of sp³-hybridized carbons (Fsp3) is 0.559. The third kappa shape index (κ3) is 6.91. The van der Waals surface area contributed by atoms with E-state index in [0.717, 1.165) is 63.9 Å². The van der Waals surface area contributed by atoms with Crippen molar-refractivity contribution in [3.63, 3.8) is 0 Å². The summed E-state index contributed by atoms with van der Waals surface area (Å²) in [5, 5.41) is 12.4. The number of fused-ring (bicyclic) bond motifs is 4. The van der Waals surface area contributed by atoms with E-state index in [2.05, 4.69) is 5.32 Å². The first-order valence-corrected chi connectivity index (χ1v) is 15.7. The minimum Gasteiger partial charge on any atom is -0.481 e. The van der Waals surface area contributed by atoms with Gasteiger partial charge in [-0.1, -0.05) is 44.9 Å². The van der Waals surface area contributed by atoms with E-state index in [1.54, 1.807) is 11.8 Å². The molecule has 2 heterocycles. The van der Waals surface area contributed by atoms with Gasteiger partial charge in [0.2, 0.25) is 11.8 Å². The number of rotatable bonds is 3. The van der Waals surface area contributed by atoms with Gasteiger partial charge in [-0.05, 0) is 91.0 Å². The van der Waals surface area contributed by atoms with Crippen LogP contribution in [0.1, 0.15) is 106 Å². The van der Waals surface area contributed by atoms with Gasteiger partial charge in [0, 0.05) is 18.5 Å². The molecule has 2 aliphatic heterocycles. The highest BCUT2D eigenvalue weighted by Crippen LogP contribution is 2.45. The Morgan fingerprint density at radius 1 is 0.977 bits per heavy atom. The van der Waals surface area contributed by atoms with Gasteiger partial charge in [-0.3, -0.25) is 14.4 Å². The second kappa shape index (κ2) is 13.1. The molecule has 5 rings (SSSR count). The number of likely N-dealkylation sites (tertiary alicyclic amines) is 1. The molecule has 1 spiro atoms. The fourth-order valence-corrected chi connectivity index (χ4v) is 7.57. The molecule has 232 valence electrons. The number of aryl methyl sites for hydroxylation is 2. The van der Waals surface area contributed by atoms with E-state index >= 15 is 8.78 Å². The number of carbonyl (C=O) groups is 3. The first-order valence-electron chi connectivity index (χ1n) is 15.7. The molecule has 2 aromatic carbocycles. The van der Waals surface area contributed by atoms with Crippen molar-refractivity contribution in [2.24, 2.45) is 5.41 Å². The van der Waals surface area contributed by atoms with Crippen molar-refractivity contribution in [3.8, 4) is 11.1 Å². The summed E-state index contributed by atoms with van der Waals surface area (Å²) in [6.45, 7) is 2.19. The van der Waals surface area contributed by atoms with Crippen LogP contribution in [0, 0.1) is 29.8 Å². The van der Waals surface area contributed by atoms with Crippen LogP contribution in [0.2, 0.25) is 0 Å². The molecule has 0 aromatic heterocycles. The van der Waals surface area contributed by atoms with Crippen LogP contribution in [-0.2, 0) is 20.8 Å². The number of aliphatic carboxylic acids is 1. The van der Waals surface area contributed by atoms with Crippen LogP contribution >= 0.6 is 0 Å². The lowest BCUT2D eigenvalue weighted by Crippen LogP contribution is -2.49. The van der Waals surface area contributed by atoms with Gasteiger partial charge >= 0.3 is 5.97 Å². The molecule has 2 fully saturated rings. The summed E-state index contributed by atoms with van der Waals surface area (Å²) < 4.78 is 45.0. The fourth-order valence-electron chi connectivity index (χ4n) is 7.57. The standard InChI is InChI=1S/C34H41F3N2O4/c1-21-14-24(35)15-22-10-6-3-2-4-7-11-28(39-20-34(19-29(39)40)12-8-5-9-13-34)33(43)38-27(18-30(41)42)25-16-23(31(21)22)17-26(36)32(25)37/h14-17,27-28H,2-13,18-20H2,1H3,(H,38,43)(H,41,42)/t27-,28-/m0/s1. The predicted molar refractivity (Wildman–Crippen MR) is 157 cm³/mol. The number of amides is 2. The molecule has 2 N–H and O–H groups in total. The molecule has 1 saturated heterocycles. The van der Waals surface area contributed by atoms with Crippen molar-refractivity contribution in [2.75, 3.05) is 6.54 Å². The topological polar surface area (TPSA) is 86.7 Å². The predicted octanol–water partition coefficient (Wildman–Crippen LogP) is 7.16. The Morgan fingerprint density at radius 2 is 1.67 bits per heavy atom. The SMILES string of the molecule is Cc1cc(F)cc2c1-c1cc(F)c(F)c(c1)[C@H](CC(=O)O)NC(=O)[C@@H](N1CC3(CCCCC3)CC1=O)CCCCCCC2. The number of benzene rings is 2. The quantitative estimate of drug-likeness (QED) is 0.393. The average Bonchev–Trinajstić information content (AvgIpc) is 3.25. The molecule has 9 heteroatoms. The molecule has 3 aliphatic rings. The molecular formula is C34H41F3N2O4. The first-order chi connectivity index (χ1) is 20.6. The number of carboxylic acid groups (broad SMARTS) is 1. The van der Waals surface area contributed by atoms with Gasteiger partial charge in [0.25, 0.3) is 0 Å². The van der Waals surface area contributed by atoms with E-state index in [4.69, 9.17) is 0 Å². The lowest BCUT2D eigenvalue weighted by atomic mass is 9.73. The summed E-state index contributed by atoms with van der Waals surface area (Å²) in [5.41, 5.74) is 1.67. The van der Waals surface area contributed by atoms with Crippen molar-refractivity contribution in [1.82, 2.24) is 10.2 Å². The summed E-state index contributed by atoms with van der Waals surface area (Å²) >= 11 is 0. The van der Waals surface area contributed by atoms with E-state index in [0.29, 0.717) is 54.5 Å². The molecule has 1 aliphatic carbocycles. The molecule has 2 aromatic rings. The Bertz CT molecular complexity index is 1390. The van der Waals surface area contributed by atoms with Crippen molar-refractivity contribution >= 4 is 17.8 Å². The highest BCUT2D eigenvalue weighted by Gasteiger charge is 2.47. The van der Waals surface area contributed by atoms with E-state index < -0.39 is 47.8 Å². The maximum atomic E-state index is 15.4. The Hall–Kier alpha value is -3.36. The zero-order valence-electron chi connectivity index (χ0n) is 24.8. The van der Waals surface area contributed by atoms with Crippen molar-refractivity contribution < 1.29 is 32.7 Å². The number of hydrogen-bond donors (Lipinski definition) is 2. The average molecular weight is 599 g/mol. The van der Waals surface area contributed by atoms with Gasteiger partial charge in [-0.2, -0.15) is 0 Å². The first kappa shape index (κ1) is 31.1. The minimum atomic E-state index is -1.37. The third-order valence-electron chi connectivity index (χ3n) is 9.67. The zero-order chi connectivity index (χ0) is 30.7. The van der Waals surface area contributed by atoms with Gasteiger partial charge < -0.3 is 15.3 Å². The maximum Gasteiger partial charge on any atom is 0.305 e. The molecule has 0 radical (unpaired) electrons. The van der Waals surface area contributed by atoms with E-state index in [1.165, 1.54) is 18.2 Å². The van der Waals surface area contributed by atoms with Gasteiger partial charge in [0.1, 0.15) is 11.9 Å². The molecule has 0 unspecified atom stereocenters. The number of halogens is 3. The van der Waals surface area contributed by atoms with Crippen molar-refractivity contribution in [1.29, 1.82) is 0 Å². The molecule has 6 nitrogen and oxygen atoms in total. The van der Waals surface area contributed by atoms with E-state index in [-0.39, 0.29) is 16.9 Å². The normalized spacial score (nSPS) is 23.2.